The summed E-state index contributed by atoms with van der Waals surface area (Å²) in [6.45, 7) is 2.52. The first-order valence-electron chi connectivity index (χ1n) is 6.04. The Hall–Kier alpha value is -1.64. The minimum absolute atomic E-state index is 0.513. The molecule has 0 aliphatic heterocycles. The van der Waals surface area contributed by atoms with E-state index in [4.69, 9.17) is 4.74 Å². The Balaban J connectivity index is 2.40. The Bertz CT molecular complexity index is 520. The van der Waals surface area contributed by atoms with Crippen molar-refractivity contribution < 1.29 is 9.84 Å². The molecule has 0 radical (unpaired) electrons. The molecular formula is C16H18O2. The summed E-state index contributed by atoms with van der Waals surface area (Å²) in [5, 5.41) is 10.5. The fraction of sp³-hybridized carbons (Fsp3) is 0.250. The number of rotatable bonds is 4. The van der Waals surface area contributed by atoms with Gasteiger partial charge in [0.05, 0.1) is 6.61 Å². The Morgan fingerprint density at radius 3 is 2.28 bits per heavy atom. The van der Waals surface area contributed by atoms with Gasteiger partial charge in [-0.15, -0.1) is 0 Å². The van der Waals surface area contributed by atoms with Crippen molar-refractivity contribution >= 4 is 0 Å². The lowest BCUT2D eigenvalue weighted by atomic mass is 9.94. The molecule has 2 heteroatoms. The zero-order valence-electron chi connectivity index (χ0n) is 10.8. The molecule has 94 valence electrons. The van der Waals surface area contributed by atoms with E-state index < -0.39 is 6.10 Å². The smallest absolute Gasteiger partial charge is 0.105 e. The molecule has 1 atom stereocenters. The summed E-state index contributed by atoms with van der Waals surface area (Å²) in [6, 6.07) is 15.7. The van der Waals surface area contributed by atoms with Crippen molar-refractivity contribution in [2.45, 2.75) is 19.6 Å². The molecular weight excluding hydrogens is 224 g/mol. The second kappa shape index (κ2) is 5.80. The van der Waals surface area contributed by atoms with Crippen LogP contribution in [0.3, 0.4) is 0 Å². The van der Waals surface area contributed by atoms with Crippen molar-refractivity contribution in [2.75, 3.05) is 7.11 Å². The van der Waals surface area contributed by atoms with Crippen LogP contribution in [-0.4, -0.2) is 12.2 Å². The SMILES string of the molecule is COCc1ccccc1C(O)c1ccccc1C. The van der Waals surface area contributed by atoms with E-state index in [0.29, 0.717) is 6.61 Å². The summed E-state index contributed by atoms with van der Waals surface area (Å²) in [4.78, 5) is 0. The number of hydrogen-bond donors (Lipinski definition) is 1. The average Bonchev–Trinajstić information content (AvgIpc) is 2.40. The van der Waals surface area contributed by atoms with Crippen molar-refractivity contribution in [1.29, 1.82) is 0 Å². The molecule has 0 aromatic heterocycles. The zero-order valence-corrected chi connectivity index (χ0v) is 10.8. The maximum Gasteiger partial charge on any atom is 0.105 e. The Labute approximate surface area is 108 Å². The maximum absolute atomic E-state index is 10.5. The van der Waals surface area contributed by atoms with E-state index in [9.17, 15) is 5.11 Å². The molecule has 0 bridgehead atoms. The summed E-state index contributed by atoms with van der Waals surface area (Å²) in [5.41, 5.74) is 3.97. The van der Waals surface area contributed by atoms with Crippen LogP contribution in [0.4, 0.5) is 0 Å². The van der Waals surface area contributed by atoms with Gasteiger partial charge in [0.15, 0.2) is 0 Å². The van der Waals surface area contributed by atoms with Crippen molar-refractivity contribution in [2.24, 2.45) is 0 Å². The average molecular weight is 242 g/mol. The summed E-state index contributed by atoms with van der Waals surface area (Å²) in [6.07, 6.45) is -0.599. The van der Waals surface area contributed by atoms with Gasteiger partial charge in [0.2, 0.25) is 0 Å². The number of aliphatic hydroxyl groups excluding tert-OH is 1. The van der Waals surface area contributed by atoms with Crippen molar-refractivity contribution in [3.8, 4) is 0 Å². The fourth-order valence-corrected chi connectivity index (χ4v) is 2.15. The molecule has 2 nitrogen and oxygen atoms in total. The maximum atomic E-state index is 10.5. The van der Waals surface area contributed by atoms with Crippen LogP contribution in [0, 0.1) is 6.92 Å². The fourth-order valence-electron chi connectivity index (χ4n) is 2.15. The molecule has 0 saturated carbocycles. The normalized spacial score (nSPS) is 12.4. The van der Waals surface area contributed by atoms with E-state index in [1.807, 2.05) is 55.5 Å². The van der Waals surface area contributed by atoms with Crippen molar-refractivity contribution in [3.05, 3.63) is 70.8 Å². The molecule has 2 aromatic carbocycles. The Morgan fingerprint density at radius 1 is 1.00 bits per heavy atom. The largest absolute Gasteiger partial charge is 0.384 e. The van der Waals surface area contributed by atoms with Gasteiger partial charge in [-0.25, -0.2) is 0 Å². The zero-order chi connectivity index (χ0) is 13.0. The van der Waals surface area contributed by atoms with E-state index >= 15 is 0 Å². The van der Waals surface area contributed by atoms with Gasteiger partial charge in [-0.2, -0.15) is 0 Å². The van der Waals surface area contributed by atoms with Crippen molar-refractivity contribution in [1.82, 2.24) is 0 Å². The minimum atomic E-state index is -0.599. The quantitative estimate of drug-likeness (QED) is 0.892. The number of aryl methyl sites for hydroxylation is 1. The number of aliphatic hydroxyl groups is 1. The molecule has 0 fully saturated rings. The molecule has 0 heterocycles. The highest BCUT2D eigenvalue weighted by atomic mass is 16.5. The number of ether oxygens (including phenoxy) is 1. The van der Waals surface area contributed by atoms with Crippen LogP contribution >= 0.6 is 0 Å². The Kier molecular flexibility index (Phi) is 4.13. The van der Waals surface area contributed by atoms with E-state index in [1.165, 1.54) is 0 Å². The standard InChI is InChI=1S/C16H18O2/c1-12-7-3-5-9-14(12)16(17)15-10-6-4-8-13(15)11-18-2/h3-10,16-17H,11H2,1-2H3. The minimum Gasteiger partial charge on any atom is -0.384 e. The molecule has 18 heavy (non-hydrogen) atoms. The predicted molar refractivity (Wildman–Crippen MR) is 72.4 cm³/mol. The van der Waals surface area contributed by atoms with Crippen LogP contribution in [0.5, 0.6) is 0 Å². The summed E-state index contributed by atoms with van der Waals surface area (Å²) < 4.78 is 5.17. The highest BCUT2D eigenvalue weighted by Crippen LogP contribution is 2.27. The highest BCUT2D eigenvalue weighted by Gasteiger charge is 2.15. The third kappa shape index (κ3) is 2.61. The first kappa shape index (κ1) is 12.8. The molecule has 2 aromatic rings. The second-order valence-electron chi connectivity index (χ2n) is 4.39. The van der Waals surface area contributed by atoms with E-state index in [1.54, 1.807) is 7.11 Å². The van der Waals surface area contributed by atoms with Crippen LogP contribution in [0.25, 0.3) is 0 Å². The molecule has 0 saturated heterocycles. The van der Waals surface area contributed by atoms with Gasteiger partial charge in [0, 0.05) is 7.11 Å². The van der Waals surface area contributed by atoms with Gasteiger partial charge in [0.1, 0.15) is 6.10 Å². The van der Waals surface area contributed by atoms with E-state index in [-0.39, 0.29) is 0 Å². The number of methoxy groups -OCH3 is 1. The van der Waals surface area contributed by atoms with Gasteiger partial charge in [-0.1, -0.05) is 48.5 Å². The van der Waals surface area contributed by atoms with Crippen molar-refractivity contribution in [3.63, 3.8) is 0 Å². The third-order valence-electron chi connectivity index (χ3n) is 3.13. The van der Waals surface area contributed by atoms with Crippen LogP contribution in [0.1, 0.15) is 28.4 Å². The molecule has 0 amide bonds. The van der Waals surface area contributed by atoms with Gasteiger partial charge < -0.3 is 9.84 Å². The van der Waals surface area contributed by atoms with E-state index in [2.05, 4.69) is 0 Å². The lowest BCUT2D eigenvalue weighted by Crippen LogP contribution is -2.06. The lowest BCUT2D eigenvalue weighted by Gasteiger charge is -2.17. The van der Waals surface area contributed by atoms with Gasteiger partial charge in [0.25, 0.3) is 0 Å². The topological polar surface area (TPSA) is 29.5 Å². The molecule has 0 spiro atoms. The highest BCUT2D eigenvalue weighted by molar-refractivity contribution is 5.38. The molecule has 1 unspecified atom stereocenters. The molecule has 1 N–H and O–H groups in total. The number of benzene rings is 2. The summed E-state index contributed by atoms with van der Waals surface area (Å²) >= 11 is 0. The number of hydrogen-bond acceptors (Lipinski definition) is 2. The van der Waals surface area contributed by atoms with Gasteiger partial charge >= 0.3 is 0 Å². The van der Waals surface area contributed by atoms with Crippen LogP contribution in [-0.2, 0) is 11.3 Å². The van der Waals surface area contributed by atoms with Gasteiger partial charge in [-0.3, -0.25) is 0 Å². The summed E-state index contributed by atoms with van der Waals surface area (Å²) in [5.74, 6) is 0. The first-order chi connectivity index (χ1) is 8.74. The van der Waals surface area contributed by atoms with Gasteiger partial charge in [-0.05, 0) is 29.2 Å². The monoisotopic (exact) mass is 242 g/mol. The predicted octanol–water partition coefficient (Wildman–Crippen LogP) is 3.22. The van der Waals surface area contributed by atoms with Crippen LogP contribution in [0.2, 0.25) is 0 Å². The van der Waals surface area contributed by atoms with Crippen LogP contribution < -0.4 is 0 Å². The van der Waals surface area contributed by atoms with E-state index in [0.717, 1.165) is 22.3 Å². The molecule has 0 aliphatic carbocycles. The molecule has 0 aliphatic rings. The summed E-state index contributed by atoms with van der Waals surface area (Å²) in [7, 11) is 1.66. The first-order valence-corrected chi connectivity index (χ1v) is 6.04. The lowest BCUT2D eigenvalue weighted by molar-refractivity contribution is 0.176. The third-order valence-corrected chi connectivity index (χ3v) is 3.13. The van der Waals surface area contributed by atoms with Crippen LogP contribution in [0.15, 0.2) is 48.5 Å². The molecule has 2 rings (SSSR count). The second-order valence-corrected chi connectivity index (χ2v) is 4.39. The Morgan fingerprint density at radius 2 is 1.61 bits per heavy atom.